The summed E-state index contributed by atoms with van der Waals surface area (Å²) >= 11 is 0. The second kappa shape index (κ2) is 4.37. The lowest BCUT2D eigenvalue weighted by atomic mass is 9.84. The molecule has 0 amide bonds. The van der Waals surface area contributed by atoms with Crippen LogP contribution in [-0.4, -0.2) is 10.9 Å². The van der Waals surface area contributed by atoms with Crippen LogP contribution in [0.5, 0.6) is 0 Å². The van der Waals surface area contributed by atoms with E-state index < -0.39 is 0 Å². The maximum atomic E-state index is 8.68. The first kappa shape index (κ1) is 8.57. The van der Waals surface area contributed by atoms with Crippen molar-refractivity contribution >= 4 is 5.71 Å². The number of hydrogen-bond acceptors (Lipinski definition) is 2. The van der Waals surface area contributed by atoms with Gasteiger partial charge in [-0.05, 0) is 25.7 Å². The van der Waals surface area contributed by atoms with E-state index in [2.05, 4.69) is 12.1 Å². The Morgan fingerprint density at radius 1 is 1.55 bits per heavy atom. The van der Waals surface area contributed by atoms with E-state index in [1.165, 1.54) is 32.1 Å². The van der Waals surface area contributed by atoms with Crippen LogP contribution in [0.25, 0.3) is 0 Å². The molecule has 1 aliphatic carbocycles. The molecule has 0 heterocycles. The molecule has 11 heavy (non-hydrogen) atoms. The van der Waals surface area contributed by atoms with Gasteiger partial charge in [-0.2, -0.15) is 0 Å². The maximum Gasteiger partial charge on any atom is 0.0601 e. The lowest BCUT2D eigenvalue weighted by Gasteiger charge is -2.21. The summed E-state index contributed by atoms with van der Waals surface area (Å²) in [6.45, 7) is 2.18. The van der Waals surface area contributed by atoms with E-state index in [9.17, 15) is 0 Å². The van der Waals surface area contributed by atoms with E-state index in [0.29, 0.717) is 5.92 Å². The average Bonchev–Trinajstić information content (AvgIpc) is 2.06. The van der Waals surface area contributed by atoms with Crippen LogP contribution in [0.4, 0.5) is 0 Å². The summed E-state index contributed by atoms with van der Waals surface area (Å²) in [5, 5.41) is 12.0. The number of rotatable bonds is 2. The monoisotopic (exact) mass is 155 g/mol. The fourth-order valence-corrected chi connectivity index (χ4v) is 1.86. The number of nitrogens with zero attached hydrogens (tertiary/aromatic N) is 1. The van der Waals surface area contributed by atoms with Crippen molar-refractivity contribution in [3.05, 3.63) is 0 Å². The Balaban J connectivity index is 2.45. The molecule has 1 rings (SSSR count). The highest BCUT2D eigenvalue weighted by atomic mass is 16.4. The summed E-state index contributed by atoms with van der Waals surface area (Å²) in [5.41, 5.74) is 1.04. The van der Waals surface area contributed by atoms with E-state index in [1.54, 1.807) is 0 Å². The Bertz CT molecular complexity index is 140. The first-order chi connectivity index (χ1) is 5.38. The van der Waals surface area contributed by atoms with Gasteiger partial charge in [0.1, 0.15) is 0 Å². The van der Waals surface area contributed by atoms with Crippen molar-refractivity contribution in [3.63, 3.8) is 0 Å². The molecule has 1 atom stereocenters. The zero-order valence-corrected chi connectivity index (χ0v) is 7.21. The largest absolute Gasteiger partial charge is 0.411 e. The first-order valence-corrected chi connectivity index (χ1v) is 4.59. The Hall–Kier alpha value is -0.530. The summed E-state index contributed by atoms with van der Waals surface area (Å²) in [5.74, 6) is 0.582. The molecule has 0 bridgehead atoms. The Morgan fingerprint density at radius 2 is 2.36 bits per heavy atom. The van der Waals surface area contributed by atoms with E-state index in [4.69, 9.17) is 5.21 Å². The topological polar surface area (TPSA) is 32.6 Å². The van der Waals surface area contributed by atoms with Gasteiger partial charge in [-0.3, -0.25) is 0 Å². The van der Waals surface area contributed by atoms with Crippen LogP contribution in [0, 0.1) is 5.92 Å². The SMILES string of the molecule is CCCC1CCCCC1=NO. The quantitative estimate of drug-likeness (QED) is 0.482. The second-order valence-electron chi connectivity index (χ2n) is 3.32. The van der Waals surface area contributed by atoms with Crippen molar-refractivity contribution in [2.45, 2.75) is 45.4 Å². The molecule has 1 N–H and O–H groups in total. The molecule has 1 fully saturated rings. The third kappa shape index (κ3) is 2.21. The van der Waals surface area contributed by atoms with Crippen LogP contribution in [0.15, 0.2) is 5.16 Å². The van der Waals surface area contributed by atoms with Crippen LogP contribution in [0.2, 0.25) is 0 Å². The van der Waals surface area contributed by atoms with Gasteiger partial charge in [-0.15, -0.1) is 0 Å². The molecule has 0 aromatic carbocycles. The van der Waals surface area contributed by atoms with Gasteiger partial charge in [-0.25, -0.2) is 0 Å². The summed E-state index contributed by atoms with van der Waals surface area (Å²) in [6.07, 6.45) is 7.15. The van der Waals surface area contributed by atoms with Gasteiger partial charge in [0.15, 0.2) is 0 Å². The lowest BCUT2D eigenvalue weighted by molar-refractivity contribution is 0.307. The van der Waals surface area contributed by atoms with Crippen molar-refractivity contribution < 1.29 is 5.21 Å². The molecule has 2 heteroatoms. The molecule has 1 unspecified atom stereocenters. The molecule has 64 valence electrons. The minimum absolute atomic E-state index is 0.582. The molecule has 1 saturated carbocycles. The highest BCUT2D eigenvalue weighted by Gasteiger charge is 2.19. The molecular weight excluding hydrogens is 138 g/mol. The summed E-state index contributed by atoms with van der Waals surface area (Å²) < 4.78 is 0. The predicted molar refractivity (Wildman–Crippen MR) is 46.1 cm³/mol. The van der Waals surface area contributed by atoms with Crippen LogP contribution < -0.4 is 0 Å². The fourth-order valence-electron chi connectivity index (χ4n) is 1.86. The molecule has 0 saturated heterocycles. The zero-order chi connectivity index (χ0) is 8.10. The zero-order valence-electron chi connectivity index (χ0n) is 7.21. The normalized spacial score (nSPS) is 29.2. The minimum atomic E-state index is 0.582. The van der Waals surface area contributed by atoms with Crippen LogP contribution in [0.3, 0.4) is 0 Å². The molecule has 0 aromatic rings. The van der Waals surface area contributed by atoms with Gasteiger partial charge >= 0.3 is 0 Å². The molecular formula is C9H17NO. The predicted octanol–water partition coefficient (Wildman–Crippen LogP) is 2.81. The molecule has 1 aliphatic rings. The van der Waals surface area contributed by atoms with Crippen LogP contribution >= 0.6 is 0 Å². The molecule has 0 aliphatic heterocycles. The summed E-state index contributed by atoms with van der Waals surface area (Å²) in [4.78, 5) is 0. The number of oxime groups is 1. The molecule has 0 radical (unpaired) electrons. The minimum Gasteiger partial charge on any atom is -0.411 e. The average molecular weight is 155 g/mol. The smallest absolute Gasteiger partial charge is 0.0601 e. The lowest BCUT2D eigenvalue weighted by Crippen LogP contribution is -2.18. The third-order valence-electron chi connectivity index (χ3n) is 2.47. The standard InChI is InChI=1S/C9H17NO/c1-2-5-8-6-3-4-7-9(8)10-11/h8,11H,2-7H2,1H3. The van der Waals surface area contributed by atoms with Crippen molar-refractivity contribution in [2.24, 2.45) is 11.1 Å². The Labute approximate surface area is 68.3 Å². The van der Waals surface area contributed by atoms with Crippen molar-refractivity contribution in [3.8, 4) is 0 Å². The first-order valence-electron chi connectivity index (χ1n) is 4.59. The van der Waals surface area contributed by atoms with Gasteiger partial charge in [-0.1, -0.05) is 24.9 Å². The van der Waals surface area contributed by atoms with Gasteiger partial charge in [0.2, 0.25) is 0 Å². The highest BCUT2D eigenvalue weighted by Crippen LogP contribution is 2.25. The molecule has 2 nitrogen and oxygen atoms in total. The van der Waals surface area contributed by atoms with Gasteiger partial charge in [0, 0.05) is 5.92 Å². The van der Waals surface area contributed by atoms with E-state index in [-0.39, 0.29) is 0 Å². The third-order valence-corrected chi connectivity index (χ3v) is 2.47. The molecule has 0 spiro atoms. The molecule has 0 aromatic heterocycles. The van der Waals surface area contributed by atoms with Crippen LogP contribution in [-0.2, 0) is 0 Å². The second-order valence-corrected chi connectivity index (χ2v) is 3.32. The van der Waals surface area contributed by atoms with Crippen molar-refractivity contribution in [1.82, 2.24) is 0 Å². The fraction of sp³-hybridized carbons (Fsp3) is 0.889. The van der Waals surface area contributed by atoms with Crippen molar-refractivity contribution in [2.75, 3.05) is 0 Å². The van der Waals surface area contributed by atoms with E-state index in [1.807, 2.05) is 0 Å². The van der Waals surface area contributed by atoms with Gasteiger partial charge in [0.05, 0.1) is 5.71 Å². The summed E-state index contributed by atoms with van der Waals surface area (Å²) in [7, 11) is 0. The Morgan fingerprint density at radius 3 is 3.00 bits per heavy atom. The summed E-state index contributed by atoms with van der Waals surface area (Å²) in [6, 6.07) is 0. The van der Waals surface area contributed by atoms with Gasteiger partial charge < -0.3 is 5.21 Å². The van der Waals surface area contributed by atoms with Crippen LogP contribution in [0.1, 0.15) is 45.4 Å². The van der Waals surface area contributed by atoms with E-state index >= 15 is 0 Å². The van der Waals surface area contributed by atoms with Gasteiger partial charge in [0.25, 0.3) is 0 Å². The van der Waals surface area contributed by atoms with E-state index in [0.717, 1.165) is 12.1 Å². The maximum absolute atomic E-state index is 8.68. The Kier molecular flexibility index (Phi) is 3.40. The van der Waals surface area contributed by atoms with Crippen molar-refractivity contribution in [1.29, 1.82) is 0 Å². The highest BCUT2D eigenvalue weighted by molar-refractivity contribution is 5.86. The number of hydrogen-bond donors (Lipinski definition) is 1.